The number of pyridine rings is 1. The molecule has 2 aromatic heterocycles. The summed E-state index contributed by atoms with van der Waals surface area (Å²) in [4.78, 5) is 17.8. The van der Waals surface area contributed by atoms with Gasteiger partial charge in [-0.25, -0.2) is 4.98 Å². The fourth-order valence-electron chi connectivity index (χ4n) is 2.54. The quantitative estimate of drug-likeness (QED) is 0.584. The van der Waals surface area contributed by atoms with Gasteiger partial charge in [0.25, 0.3) is 5.91 Å². The van der Waals surface area contributed by atoms with Crippen molar-refractivity contribution in [3.63, 3.8) is 0 Å². The van der Waals surface area contributed by atoms with E-state index in [4.69, 9.17) is 0 Å². The van der Waals surface area contributed by atoms with Crippen LogP contribution in [0.25, 0.3) is 0 Å². The first-order chi connectivity index (χ1) is 12.7. The summed E-state index contributed by atoms with van der Waals surface area (Å²) in [7, 11) is 0. The van der Waals surface area contributed by atoms with Crippen LogP contribution >= 0.6 is 11.3 Å². The molecule has 134 valence electrons. The van der Waals surface area contributed by atoms with Crippen LogP contribution in [0.15, 0.2) is 60.1 Å². The van der Waals surface area contributed by atoms with Gasteiger partial charge in [0.2, 0.25) is 0 Å². The van der Waals surface area contributed by atoms with Crippen molar-refractivity contribution in [1.82, 2.24) is 4.98 Å². The highest BCUT2D eigenvalue weighted by molar-refractivity contribution is 7.10. The van der Waals surface area contributed by atoms with Crippen LogP contribution in [0.1, 0.15) is 33.3 Å². The summed E-state index contributed by atoms with van der Waals surface area (Å²) in [6.45, 7) is 2.09. The Labute approximate surface area is 156 Å². The smallest absolute Gasteiger partial charge is 0.257 e. The number of rotatable bonds is 7. The zero-order chi connectivity index (χ0) is 18.4. The fourth-order valence-corrected chi connectivity index (χ4v) is 3.35. The second kappa shape index (κ2) is 8.60. The van der Waals surface area contributed by atoms with Gasteiger partial charge in [-0.05, 0) is 49.1 Å². The lowest BCUT2D eigenvalue weighted by Gasteiger charge is -2.17. The molecule has 1 unspecified atom stereocenters. The molecule has 3 rings (SSSR count). The van der Waals surface area contributed by atoms with Crippen LogP contribution in [0.4, 0.5) is 11.5 Å². The second-order valence-corrected chi connectivity index (χ2v) is 6.96. The van der Waals surface area contributed by atoms with Gasteiger partial charge in [-0.2, -0.15) is 0 Å². The number of nitrogens with zero attached hydrogens (tertiary/aromatic N) is 1. The van der Waals surface area contributed by atoms with Crippen LogP contribution < -0.4 is 10.6 Å². The van der Waals surface area contributed by atoms with Gasteiger partial charge in [-0.15, -0.1) is 11.3 Å². The highest BCUT2D eigenvalue weighted by Crippen LogP contribution is 2.25. The number of amides is 1. The van der Waals surface area contributed by atoms with Gasteiger partial charge in [0.05, 0.1) is 11.6 Å². The van der Waals surface area contributed by atoms with Gasteiger partial charge in [-0.1, -0.05) is 23.8 Å². The zero-order valence-electron chi connectivity index (χ0n) is 14.5. The summed E-state index contributed by atoms with van der Waals surface area (Å²) in [5.41, 5.74) is 2.39. The minimum Gasteiger partial charge on any atom is -0.396 e. The van der Waals surface area contributed by atoms with Crippen molar-refractivity contribution >= 4 is 28.7 Å². The first-order valence-corrected chi connectivity index (χ1v) is 9.28. The molecule has 5 nitrogen and oxygen atoms in total. The minimum atomic E-state index is -0.196. The maximum atomic E-state index is 12.3. The molecule has 0 fully saturated rings. The van der Waals surface area contributed by atoms with E-state index >= 15 is 0 Å². The Morgan fingerprint density at radius 3 is 2.62 bits per heavy atom. The van der Waals surface area contributed by atoms with Crippen molar-refractivity contribution < 1.29 is 9.90 Å². The Kier molecular flexibility index (Phi) is 5.99. The number of hydrogen-bond acceptors (Lipinski definition) is 5. The molecule has 6 heteroatoms. The normalized spacial score (nSPS) is 11.8. The number of anilines is 2. The number of aromatic nitrogens is 1. The summed E-state index contributed by atoms with van der Waals surface area (Å²) in [6.07, 6.45) is 2.15. The van der Waals surface area contributed by atoms with E-state index in [9.17, 15) is 9.90 Å². The van der Waals surface area contributed by atoms with Crippen LogP contribution in [-0.4, -0.2) is 22.6 Å². The summed E-state index contributed by atoms with van der Waals surface area (Å²) in [6, 6.07) is 15.2. The maximum absolute atomic E-state index is 12.3. The number of carbonyl (C=O) groups is 1. The lowest BCUT2D eigenvalue weighted by Crippen LogP contribution is -2.14. The average Bonchev–Trinajstić information content (AvgIpc) is 3.18. The van der Waals surface area contributed by atoms with Gasteiger partial charge in [0, 0.05) is 23.4 Å². The predicted molar refractivity (Wildman–Crippen MR) is 106 cm³/mol. The molecule has 3 N–H and O–H groups in total. The number of thiophene rings is 1. The Morgan fingerprint density at radius 2 is 2.00 bits per heavy atom. The molecule has 26 heavy (non-hydrogen) atoms. The average molecular weight is 367 g/mol. The third-order valence-corrected chi connectivity index (χ3v) is 4.95. The number of aliphatic hydroxyl groups is 1. The fraction of sp³-hybridized carbons (Fsp3) is 0.200. The number of benzene rings is 1. The van der Waals surface area contributed by atoms with Crippen molar-refractivity contribution in [1.29, 1.82) is 0 Å². The van der Waals surface area contributed by atoms with Gasteiger partial charge in [0.1, 0.15) is 5.82 Å². The van der Waals surface area contributed by atoms with E-state index in [1.165, 1.54) is 0 Å². The number of aryl methyl sites for hydroxylation is 1. The Morgan fingerprint density at radius 1 is 1.19 bits per heavy atom. The number of hydrogen-bond donors (Lipinski definition) is 3. The maximum Gasteiger partial charge on any atom is 0.257 e. The van der Waals surface area contributed by atoms with Crippen LogP contribution in [0.3, 0.4) is 0 Å². The third-order valence-electron chi connectivity index (χ3n) is 3.96. The SMILES string of the molecule is Cc1ccc(NC(=O)c2ccc(NC(CCO)c3cccs3)nc2)cc1. The van der Waals surface area contributed by atoms with Gasteiger partial charge in [0.15, 0.2) is 0 Å². The molecular weight excluding hydrogens is 346 g/mol. The Hall–Kier alpha value is -2.70. The first-order valence-electron chi connectivity index (χ1n) is 8.40. The summed E-state index contributed by atoms with van der Waals surface area (Å²) >= 11 is 1.63. The molecule has 0 radical (unpaired) electrons. The van der Waals surface area contributed by atoms with Crippen molar-refractivity contribution in [2.75, 3.05) is 17.2 Å². The van der Waals surface area contributed by atoms with Crippen LogP contribution in [-0.2, 0) is 0 Å². The lowest BCUT2D eigenvalue weighted by molar-refractivity contribution is 0.102. The van der Waals surface area contributed by atoms with Gasteiger partial charge in [-0.3, -0.25) is 4.79 Å². The molecule has 0 aliphatic heterocycles. The molecule has 0 saturated carbocycles. The van der Waals surface area contributed by atoms with Gasteiger partial charge < -0.3 is 15.7 Å². The van der Waals surface area contributed by atoms with Crippen molar-refractivity contribution in [3.05, 3.63) is 76.1 Å². The molecule has 0 aliphatic carbocycles. The van der Waals surface area contributed by atoms with Crippen molar-refractivity contribution in [2.45, 2.75) is 19.4 Å². The highest BCUT2D eigenvalue weighted by Gasteiger charge is 2.13. The Balaban J connectivity index is 1.65. The van der Waals surface area contributed by atoms with Gasteiger partial charge >= 0.3 is 0 Å². The molecule has 2 heterocycles. The van der Waals surface area contributed by atoms with Crippen LogP contribution in [0.5, 0.6) is 0 Å². The van der Waals surface area contributed by atoms with Crippen LogP contribution in [0.2, 0.25) is 0 Å². The van der Waals surface area contributed by atoms with Crippen LogP contribution in [0, 0.1) is 6.92 Å². The summed E-state index contributed by atoms with van der Waals surface area (Å²) in [5, 5.41) is 17.5. The Bertz CT molecular complexity index is 831. The lowest BCUT2D eigenvalue weighted by atomic mass is 10.1. The molecule has 1 atom stereocenters. The molecule has 1 aromatic carbocycles. The van der Waals surface area contributed by atoms with Crippen molar-refractivity contribution in [3.8, 4) is 0 Å². The molecular formula is C20H21N3O2S. The number of carbonyl (C=O) groups excluding carboxylic acids is 1. The molecule has 1 amide bonds. The molecule has 0 aliphatic rings. The van der Waals surface area contributed by atoms with E-state index in [0.717, 1.165) is 16.1 Å². The molecule has 0 bridgehead atoms. The highest BCUT2D eigenvalue weighted by atomic mass is 32.1. The first kappa shape index (κ1) is 18.1. The topological polar surface area (TPSA) is 74.2 Å². The molecule has 3 aromatic rings. The minimum absolute atomic E-state index is 0.000245. The monoisotopic (exact) mass is 367 g/mol. The van der Waals surface area contributed by atoms with E-state index in [1.54, 1.807) is 29.7 Å². The molecule has 0 spiro atoms. The van der Waals surface area contributed by atoms with E-state index in [0.29, 0.717) is 17.8 Å². The number of aliphatic hydroxyl groups excluding tert-OH is 1. The van der Waals surface area contributed by atoms with Crippen molar-refractivity contribution in [2.24, 2.45) is 0 Å². The summed E-state index contributed by atoms with van der Waals surface area (Å²) in [5.74, 6) is 0.474. The van der Waals surface area contributed by atoms with E-state index in [2.05, 4.69) is 15.6 Å². The third kappa shape index (κ3) is 4.68. The summed E-state index contributed by atoms with van der Waals surface area (Å²) < 4.78 is 0. The largest absolute Gasteiger partial charge is 0.396 e. The second-order valence-electron chi connectivity index (χ2n) is 5.98. The predicted octanol–water partition coefficient (Wildman–Crippen LogP) is 4.24. The van der Waals surface area contributed by atoms with E-state index < -0.39 is 0 Å². The number of nitrogens with one attached hydrogen (secondary N) is 2. The van der Waals surface area contributed by atoms with E-state index in [1.807, 2.05) is 48.7 Å². The standard InChI is InChI=1S/C20H21N3O2S/c1-14-4-7-16(8-5-14)22-20(25)15-6-9-19(21-13-15)23-17(10-11-24)18-3-2-12-26-18/h2-9,12-13,17,24H,10-11H2,1H3,(H,21,23)(H,22,25). The van der Waals surface area contributed by atoms with E-state index in [-0.39, 0.29) is 18.6 Å². The zero-order valence-corrected chi connectivity index (χ0v) is 15.3. The molecule has 0 saturated heterocycles.